The number of fused-ring (bicyclic) bond motifs is 1. The Labute approximate surface area is 99.1 Å². The Balaban J connectivity index is 3.06. The summed E-state index contributed by atoms with van der Waals surface area (Å²) in [6.07, 6.45) is 1.52. The molecule has 1 N–H and O–H groups in total. The standard InChI is InChI=1S/C10H7BrClNO2/c1-5-9(14)3-8-7(11)2-6(12)4-13(8)10(5)15/h2-4,14H,1H3. The van der Waals surface area contributed by atoms with Crippen LogP contribution in [0, 0.1) is 6.92 Å². The maximum atomic E-state index is 11.8. The molecule has 0 saturated heterocycles. The van der Waals surface area contributed by atoms with E-state index in [1.807, 2.05) is 0 Å². The Kier molecular flexibility index (Phi) is 2.48. The van der Waals surface area contributed by atoms with Crippen LogP contribution in [0.3, 0.4) is 0 Å². The molecule has 0 radical (unpaired) electrons. The molecule has 0 atom stereocenters. The fourth-order valence-corrected chi connectivity index (χ4v) is 2.27. The number of aromatic hydroxyl groups is 1. The van der Waals surface area contributed by atoms with Gasteiger partial charge in [0.05, 0.1) is 16.1 Å². The Morgan fingerprint density at radius 3 is 2.80 bits per heavy atom. The molecule has 0 fully saturated rings. The van der Waals surface area contributed by atoms with Crippen LogP contribution in [0.1, 0.15) is 5.56 Å². The highest BCUT2D eigenvalue weighted by Gasteiger charge is 2.08. The molecule has 0 amide bonds. The van der Waals surface area contributed by atoms with Gasteiger partial charge in [0.2, 0.25) is 0 Å². The molecular weight excluding hydrogens is 281 g/mol. The van der Waals surface area contributed by atoms with E-state index in [-0.39, 0.29) is 11.3 Å². The molecule has 0 saturated carbocycles. The van der Waals surface area contributed by atoms with Crippen molar-refractivity contribution in [1.29, 1.82) is 0 Å². The van der Waals surface area contributed by atoms with E-state index in [1.165, 1.54) is 16.7 Å². The molecule has 0 aliphatic carbocycles. The molecule has 2 aromatic heterocycles. The van der Waals surface area contributed by atoms with E-state index in [1.54, 1.807) is 13.0 Å². The first-order valence-corrected chi connectivity index (χ1v) is 5.38. The number of halogens is 2. The summed E-state index contributed by atoms with van der Waals surface area (Å²) in [5, 5.41) is 9.98. The van der Waals surface area contributed by atoms with Crippen LogP contribution >= 0.6 is 27.5 Å². The van der Waals surface area contributed by atoms with E-state index in [0.717, 1.165) is 0 Å². The third-order valence-electron chi connectivity index (χ3n) is 2.22. The maximum absolute atomic E-state index is 11.8. The molecule has 0 aliphatic rings. The van der Waals surface area contributed by atoms with E-state index in [4.69, 9.17) is 11.6 Å². The van der Waals surface area contributed by atoms with Crippen LogP contribution in [0.5, 0.6) is 5.75 Å². The molecule has 5 heteroatoms. The molecule has 0 aromatic carbocycles. The van der Waals surface area contributed by atoms with Crippen molar-refractivity contribution in [1.82, 2.24) is 4.40 Å². The van der Waals surface area contributed by atoms with Crippen LogP contribution in [0.25, 0.3) is 5.52 Å². The lowest BCUT2D eigenvalue weighted by Gasteiger charge is -2.06. The van der Waals surface area contributed by atoms with E-state index < -0.39 is 0 Å². The summed E-state index contributed by atoms with van der Waals surface area (Å²) in [6.45, 7) is 1.57. The second-order valence-electron chi connectivity index (χ2n) is 3.22. The van der Waals surface area contributed by atoms with Crippen LogP contribution in [-0.4, -0.2) is 9.51 Å². The van der Waals surface area contributed by atoms with Crippen molar-refractivity contribution in [3.8, 4) is 5.75 Å². The molecule has 0 spiro atoms. The molecule has 2 rings (SSSR count). The minimum atomic E-state index is -0.270. The van der Waals surface area contributed by atoms with Crippen molar-refractivity contribution >= 4 is 33.0 Å². The number of rotatable bonds is 0. The lowest BCUT2D eigenvalue weighted by atomic mass is 10.2. The predicted octanol–water partition coefficient (Wildman–Crippen LogP) is 2.73. The van der Waals surface area contributed by atoms with Crippen LogP contribution in [0.2, 0.25) is 5.02 Å². The normalized spacial score (nSPS) is 10.9. The van der Waals surface area contributed by atoms with Gasteiger partial charge in [-0.15, -0.1) is 0 Å². The molecule has 0 bridgehead atoms. The molecule has 2 heterocycles. The summed E-state index contributed by atoms with van der Waals surface area (Å²) >= 11 is 9.12. The smallest absolute Gasteiger partial charge is 0.261 e. The van der Waals surface area contributed by atoms with Crippen LogP contribution < -0.4 is 5.56 Å². The Hall–Kier alpha value is -1.00. The topological polar surface area (TPSA) is 41.7 Å². The highest BCUT2D eigenvalue weighted by atomic mass is 79.9. The minimum Gasteiger partial charge on any atom is -0.507 e. The van der Waals surface area contributed by atoms with Crippen LogP contribution in [-0.2, 0) is 0 Å². The SMILES string of the molecule is Cc1c(O)cc2c(Br)cc(Cl)cn2c1=O. The highest BCUT2D eigenvalue weighted by Crippen LogP contribution is 2.24. The van der Waals surface area contributed by atoms with Gasteiger partial charge in [0.1, 0.15) is 5.75 Å². The summed E-state index contributed by atoms with van der Waals surface area (Å²) in [5.74, 6) is -0.0111. The molecule has 15 heavy (non-hydrogen) atoms. The monoisotopic (exact) mass is 287 g/mol. The van der Waals surface area contributed by atoms with Crippen molar-refractivity contribution in [2.75, 3.05) is 0 Å². The van der Waals surface area contributed by atoms with E-state index in [0.29, 0.717) is 20.6 Å². The van der Waals surface area contributed by atoms with Gasteiger partial charge in [-0.25, -0.2) is 0 Å². The van der Waals surface area contributed by atoms with Gasteiger partial charge in [0.15, 0.2) is 0 Å². The second kappa shape index (κ2) is 3.54. The number of pyridine rings is 2. The van der Waals surface area contributed by atoms with Crippen molar-refractivity contribution in [2.24, 2.45) is 0 Å². The molecule has 0 aliphatic heterocycles. The van der Waals surface area contributed by atoms with Crippen molar-refractivity contribution in [3.63, 3.8) is 0 Å². The lowest BCUT2D eigenvalue weighted by Crippen LogP contribution is -2.16. The number of aromatic nitrogens is 1. The third kappa shape index (κ3) is 1.64. The predicted molar refractivity (Wildman–Crippen MR) is 62.8 cm³/mol. The average molecular weight is 289 g/mol. The van der Waals surface area contributed by atoms with Gasteiger partial charge in [-0.05, 0) is 28.9 Å². The first-order valence-electron chi connectivity index (χ1n) is 4.20. The van der Waals surface area contributed by atoms with Gasteiger partial charge in [0.25, 0.3) is 5.56 Å². The van der Waals surface area contributed by atoms with Crippen molar-refractivity contribution in [3.05, 3.63) is 43.7 Å². The quantitative estimate of drug-likeness (QED) is 0.810. The third-order valence-corrected chi connectivity index (χ3v) is 3.06. The molecule has 0 unspecified atom stereocenters. The van der Waals surface area contributed by atoms with Gasteiger partial charge in [0, 0.05) is 16.7 Å². The van der Waals surface area contributed by atoms with Crippen molar-refractivity contribution < 1.29 is 5.11 Å². The fraction of sp³-hybridized carbons (Fsp3) is 0.100. The first kappa shape index (κ1) is 10.5. The van der Waals surface area contributed by atoms with Gasteiger partial charge < -0.3 is 5.11 Å². The van der Waals surface area contributed by atoms with Gasteiger partial charge in [-0.1, -0.05) is 11.6 Å². The summed E-state index contributed by atoms with van der Waals surface area (Å²) < 4.78 is 2.07. The Morgan fingerprint density at radius 2 is 2.13 bits per heavy atom. The number of nitrogens with zero attached hydrogens (tertiary/aromatic N) is 1. The molecule has 2 aromatic rings. The fourth-order valence-electron chi connectivity index (χ4n) is 1.37. The number of hydrogen-bond donors (Lipinski definition) is 1. The highest BCUT2D eigenvalue weighted by molar-refractivity contribution is 9.10. The maximum Gasteiger partial charge on any atom is 0.261 e. The molecule has 78 valence electrons. The average Bonchev–Trinajstić information content (AvgIpc) is 2.17. The van der Waals surface area contributed by atoms with Crippen molar-refractivity contribution in [2.45, 2.75) is 6.92 Å². The van der Waals surface area contributed by atoms with Gasteiger partial charge in [-0.3, -0.25) is 9.20 Å². The van der Waals surface area contributed by atoms with Crippen LogP contribution in [0.15, 0.2) is 27.6 Å². The Bertz CT molecular complexity index is 606. The summed E-state index contributed by atoms with van der Waals surface area (Å²) in [4.78, 5) is 11.8. The summed E-state index contributed by atoms with van der Waals surface area (Å²) in [6, 6.07) is 3.20. The zero-order valence-electron chi connectivity index (χ0n) is 7.79. The minimum absolute atomic E-state index is 0.0111. The summed E-state index contributed by atoms with van der Waals surface area (Å²) in [5.41, 5.74) is 0.627. The lowest BCUT2D eigenvalue weighted by molar-refractivity contribution is 0.469. The first-order chi connectivity index (χ1) is 7.00. The van der Waals surface area contributed by atoms with Gasteiger partial charge >= 0.3 is 0 Å². The summed E-state index contributed by atoms with van der Waals surface area (Å²) in [7, 11) is 0. The second-order valence-corrected chi connectivity index (χ2v) is 4.51. The Morgan fingerprint density at radius 1 is 1.47 bits per heavy atom. The van der Waals surface area contributed by atoms with E-state index in [9.17, 15) is 9.90 Å². The molecular formula is C10H7BrClNO2. The van der Waals surface area contributed by atoms with Crippen LogP contribution in [0.4, 0.5) is 0 Å². The van der Waals surface area contributed by atoms with Gasteiger partial charge in [-0.2, -0.15) is 0 Å². The zero-order chi connectivity index (χ0) is 11.2. The zero-order valence-corrected chi connectivity index (χ0v) is 10.1. The molecule has 3 nitrogen and oxygen atoms in total. The van der Waals surface area contributed by atoms with E-state index >= 15 is 0 Å². The number of hydrogen-bond acceptors (Lipinski definition) is 2. The largest absolute Gasteiger partial charge is 0.507 e. The van der Waals surface area contributed by atoms with E-state index in [2.05, 4.69) is 15.9 Å².